The van der Waals surface area contributed by atoms with E-state index in [-0.39, 0.29) is 19.5 Å². The van der Waals surface area contributed by atoms with E-state index in [1.807, 2.05) is 0 Å². The summed E-state index contributed by atoms with van der Waals surface area (Å²) in [6.07, 6.45) is 0. The molecule has 9 heavy (non-hydrogen) atoms. The maximum atomic E-state index is 7.13. The van der Waals surface area contributed by atoms with Crippen molar-refractivity contribution in [1.29, 1.82) is 10.5 Å². The van der Waals surface area contributed by atoms with Gasteiger partial charge in [-0.2, -0.15) is 0 Å². The van der Waals surface area contributed by atoms with E-state index in [2.05, 4.69) is 38.4 Å². The van der Waals surface area contributed by atoms with Gasteiger partial charge in [0.1, 0.15) is 0 Å². The second-order valence-corrected chi connectivity index (χ2v) is 0.548. The van der Waals surface area contributed by atoms with Crippen LogP contribution < -0.4 is 0 Å². The minimum absolute atomic E-state index is 0. The standard InChI is InChI=1S/C2H3.2CHNS.Ru/c1-2;2*2-1-3;/h1H,2H2;2*3H;/q-1;;;+3/p-2. The quantitative estimate of drug-likeness (QED) is 0.271. The molecule has 0 aromatic heterocycles. The molecule has 0 atom stereocenters. The third-order valence-electron chi connectivity index (χ3n) is 0. The Balaban J connectivity index is -0.0000000202. The van der Waals surface area contributed by atoms with Crippen LogP contribution in [0.1, 0.15) is 0 Å². The Bertz CT molecular complexity index is 81.7. The maximum Gasteiger partial charge on any atom is 3.00 e. The summed E-state index contributed by atoms with van der Waals surface area (Å²) >= 11 is 7.40. The molecule has 0 saturated carbocycles. The molecule has 0 heterocycles. The minimum atomic E-state index is 0. The number of nitriles is 2. The minimum Gasteiger partial charge on any atom is -0.696 e. The molecule has 0 aliphatic carbocycles. The average Bonchev–Trinajstić information content (AvgIpc) is 1.75. The third-order valence-corrected chi connectivity index (χ3v) is 0. The Morgan fingerprint density at radius 2 is 1.11 bits per heavy atom. The molecule has 0 unspecified atom stereocenters. The van der Waals surface area contributed by atoms with Crippen LogP contribution in [0.2, 0.25) is 0 Å². The van der Waals surface area contributed by atoms with Crippen molar-refractivity contribution in [3.05, 3.63) is 13.2 Å². The van der Waals surface area contributed by atoms with Crippen LogP contribution in [-0.4, -0.2) is 0 Å². The molecule has 0 saturated heterocycles. The third kappa shape index (κ3) is 5550. The molecule has 0 N–H and O–H groups in total. The summed E-state index contributed by atoms with van der Waals surface area (Å²) in [5, 5.41) is 16.9. The first-order chi connectivity index (χ1) is 3.83. The van der Waals surface area contributed by atoms with E-state index >= 15 is 0 Å². The maximum absolute atomic E-state index is 7.13. The van der Waals surface area contributed by atoms with Crippen LogP contribution in [0.15, 0.2) is 6.58 Å². The van der Waals surface area contributed by atoms with Gasteiger partial charge in [-0.05, 0) is 0 Å². The Morgan fingerprint density at radius 1 is 1.11 bits per heavy atom. The Hall–Kier alpha value is -0.217. The molecule has 1 radical (unpaired) electrons. The molecule has 0 spiro atoms. The fourth-order valence-electron chi connectivity index (χ4n) is 0. The van der Waals surface area contributed by atoms with Gasteiger partial charge in [0.2, 0.25) is 0 Å². The average molecular weight is 244 g/mol. The van der Waals surface area contributed by atoms with E-state index in [1.54, 1.807) is 0 Å². The SMILES string of the molecule is N#C[S-].N#C[S-].[CH-]=C.[Ru+3]. The first-order valence-electron chi connectivity index (χ1n) is 1.26. The summed E-state index contributed by atoms with van der Waals surface area (Å²) in [6, 6.07) is 0. The Morgan fingerprint density at radius 3 is 1.11 bits per heavy atom. The Labute approximate surface area is 79.1 Å². The molecule has 2 nitrogen and oxygen atoms in total. The molecular formula is C4H3N2RuS2. The van der Waals surface area contributed by atoms with Gasteiger partial charge >= 0.3 is 19.5 Å². The van der Waals surface area contributed by atoms with Crippen LogP contribution in [0.5, 0.6) is 0 Å². The molecule has 0 rings (SSSR count). The monoisotopic (exact) mass is 245 g/mol. The molecule has 0 aromatic rings. The number of hydrogen-bond acceptors (Lipinski definition) is 4. The summed E-state index contributed by atoms with van der Waals surface area (Å²) in [4.78, 5) is 0. The molecule has 0 bridgehead atoms. The summed E-state index contributed by atoms with van der Waals surface area (Å²) in [5.74, 6) is 0. The van der Waals surface area contributed by atoms with Crippen molar-refractivity contribution in [3.8, 4) is 10.8 Å². The zero-order valence-corrected chi connectivity index (χ0v) is 7.72. The first kappa shape index (κ1) is 23.3. The molecule has 49 valence electrons. The second kappa shape index (κ2) is 113. The fraction of sp³-hybridized carbons (Fsp3) is 0. The smallest absolute Gasteiger partial charge is 0.696 e. The van der Waals surface area contributed by atoms with E-state index in [4.69, 9.17) is 10.5 Å². The molecule has 0 amide bonds. The fourth-order valence-corrected chi connectivity index (χ4v) is 0. The molecule has 0 fully saturated rings. The van der Waals surface area contributed by atoms with Crippen LogP contribution in [0.3, 0.4) is 0 Å². The normalized spacial score (nSPS) is 2.00. The largest absolute Gasteiger partial charge is 3.00 e. The van der Waals surface area contributed by atoms with Crippen LogP contribution in [0, 0.1) is 27.9 Å². The van der Waals surface area contributed by atoms with Gasteiger partial charge in [0, 0.05) is 0 Å². The van der Waals surface area contributed by atoms with Gasteiger partial charge in [-0.15, -0.1) is 0 Å². The number of rotatable bonds is 0. The number of hydrogen-bond donors (Lipinski definition) is 0. The van der Waals surface area contributed by atoms with Crippen molar-refractivity contribution in [3.63, 3.8) is 0 Å². The number of thiocyanates is 2. The Kier molecular flexibility index (Phi) is 291. The van der Waals surface area contributed by atoms with Crippen LogP contribution in [0.25, 0.3) is 0 Å². The predicted molar refractivity (Wildman–Crippen MR) is 35.9 cm³/mol. The van der Waals surface area contributed by atoms with Gasteiger partial charge in [-0.3, -0.25) is 6.58 Å². The van der Waals surface area contributed by atoms with Crippen molar-refractivity contribution >= 4 is 25.3 Å². The molecular weight excluding hydrogens is 241 g/mol. The van der Waals surface area contributed by atoms with Crippen LogP contribution >= 0.6 is 0 Å². The summed E-state index contributed by atoms with van der Waals surface area (Å²) in [5.41, 5.74) is 0. The van der Waals surface area contributed by atoms with Gasteiger partial charge in [-0.1, -0.05) is 10.8 Å². The van der Waals surface area contributed by atoms with Gasteiger partial charge in [0.25, 0.3) is 0 Å². The molecule has 0 aliphatic heterocycles. The van der Waals surface area contributed by atoms with E-state index in [9.17, 15) is 0 Å². The van der Waals surface area contributed by atoms with Crippen molar-refractivity contribution in [2.24, 2.45) is 0 Å². The summed E-state index contributed by atoms with van der Waals surface area (Å²) in [7, 11) is 0. The van der Waals surface area contributed by atoms with E-state index in [1.165, 1.54) is 10.8 Å². The van der Waals surface area contributed by atoms with Gasteiger partial charge in [0.05, 0.1) is 0 Å². The van der Waals surface area contributed by atoms with Crippen LogP contribution in [-0.2, 0) is 44.7 Å². The zero-order chi connectivity index (χ0) is 7.41. The predicted octanol–water partition coefficient (Wildman–Crippen LogP) is 0.632. The topological polar surface area (TPSA) is 47.6 Å². The van der Waals surface area contributed by atoms with Crippen molar-refractivity contribution in [2.75, 3.05) is 0 Å². The molecule has 0 aliphatic rings. The number of nitrogens with zero attached hydrogens (tertiary/aromatic N) is 2. The van der Waals surface area contributed by atoms with E-state index in [0.717, 1.165) is 0 Å². The zero-order valence-electron chi connectivity index (χ0n) is 4.35. The van der Waals surface area contributed by atoms with Crippen LogP contribution in [0.4, 0.5) is 0 Å². The van der Waals surface area contributed by atoms with Gasteiger partial charge in [0.15, 0.2) is 0 Å². The van der Waals surface area contributed by atoms with Crippen molar-refractivity contribution < 1.29 is 19.5 Å². The van der Waals surface area contributed by atoms with Gasteiger partial charge in [-0.25, -0.2) is 10.5 Å². The second-order valence-electron chi connectivity index (χ2n) is 0.183. The van der Waals surface area contributed by atoms with Crippen molar-refractivity contribution in [1.82, 2.24) is 0 Å². The van der Waals surface area contributed by atoms with Gasteiger partial charge < -0.3 is 31.8 Å². The first-order valence-corrected chi connectivity index (χ1v) is 2.08. The molecule has 5 heteroatoms. The van der Waals surface area contributed by atoms with E-state index in [0.29, 0.717) is 0 Å². The van der Waals surface area contributed by atoms with E-state index < -0.39 is 0 Å². The summed E-state index contributed by atoms with van der Waals surface area (Å²) in [6.45, 7) is 7.00. The summed E-state index contributed by atoms with van der Waals surface area (Å²) < 4.78 is 0. The van der Waals surface area contributed by atoms with Crippen molar-refractivity contribution in [2.45, 2.75) is 0 Å². The molecule has 0 aromatic carbocycles.